The predicted octanol–water partition coefficient (Wildman–Crippen LogP) is 2.13. The summed E-state index contributed by atoms with van der Waals surface area (Å²) in [4.78, 5) is 14.6. The highest BCUT2D eigenvalue weighted by Crippen LogP contribution is 2.34. The van der Waals surface area contributed by atoms with E-state index in [0.717, 1.165) is 32.1 Å². The van der Waals surface area contributed by atoms with Gasteiger partial charge >= 0.3 is 0 Å². The number of nitrogens with one attached hydrogen (secondary N) is 1. The van der Waals surface area contributed by atoms with Gasteiger partial charge in [-0.25, -0.2) is 0 Å². The molecule has 3 nitrogen and oxygen atoms in total. The van der Waals surface area contributed by atoms with E-state index in [4.69, 9.17) is 0 Å². The van der Waals surface area contributed by atoms with Gasteiger partial charge in [-0.15, -0.1) is 0 Å². The quantitative estimate of drug-likeness (QED) is 0.775. The Hall–Kier alpha value is -0.570. The minimum Gasteiger partial charge on any atom is -0.342 e. The summed E-state index contributed by atoms with van der Waals surface area (Å²) < 4.78 is 0. The number of likely N-dealkylation sites (tertiary alicyclic amines) is 1. The highest BCUT2D eigenvalue weighted by atomic mass is 16.2. The fraction of sp³-hybridized carbons (Fsp3) is 0.933. The molecule has 1 amide bonds. The van der Waals surface area contributed by atoms with Crippen LogP contribution in [0.1, 0.15) is 40.5 Å². The van der Waals surface area contributed by atoms with Crippen molar-refractivity contribution in [2.24, 2.45) is 23.2 Å². The van der Waals surface area contributed by atoms with Gasteiger partial charge in [0.2, 0.25) is 5.91 Å². The first kappa shape index (κ1) is 13.9. The van der Waals surface area contributed by atoms with Crippen LogP contribution in [0.2, 0.25) is 0 Å². The zero-order valence-electron chi connectivity index (χ0n) is 12.3. The molecule has 2 heterocycles. The molecule has 2 aliphatic rings. The first-order chi connectivity index (χ1) is 8.39. The molecule has 2 aliphatic heterocycles. The molecule has 2 saturated heterocycles. The van der Waals surface area contributed by atoms with Crippen molar-refractivity contribution in [2.75, 3.05) is 26.2 Å². The topological polar surface area (TPSA) is 32.3 Å². The van der Waals surface area contributed by atoms with E-state index in [-0.39, 0.29) is 5.92 Å². The molecule has 1 N–H and O–H groups in total. The molecule has 18 heavy (non-hydrogen) atoms. The molecule has 0 bridgehead atoms. The van der Waals surface area contributed by atoms with Crippen LogP contribution in [0.5, 0.6) is 0 Å². The zero-order valence-corrected chi connectivity index (χ0v) is 12.3. The van der Waals surface area contributed by atoms with Gasteiger partial charge in [-0.05, 0) is 36.6 Å². The molecule has 0 aromatic carbocycles. The molecule has 104 valence electrons. The highest BCUT2D eigenvalue weighted by Gasteiger charge is 2.36. The monoisotopic (exact) mass is 252 g/mol. The Morgan fingerprint density at radius 1 is 1.17 bits per heavy atom. The van der Waals surface area contributed by atoms with E-state index >= 15 is 0 Å². The molecular weight excluding hydrogens is 224 g/mol. The summed E-state index contributed by atoms with van der Waals surface area (Å²) in [6, 6.07) is 0. The molecular formula is C15H28N2O. The van der Waals surface area contributed by atoms with E-state index in [9.17, 15) is 4.79 Å². The van der Waals surface area contributed by atoms with Gasteiger partial charge in [-0.2, -0.15) is 0 Å². The normalized spacial score (nSPS) is 30.8. The van der Waals surface area contributed by atoms with E-state index in [0.29, 0.717) is 17.2 Å². The molecule has 0 aliphatic carbocycles. The van der Waals surface area contributed by atoms with Gasteiger partial charge in [0.05, 0.1) is 5.92 Å². The summed E-state index contributed by atoms with van der Waals surface area (Å²) in [6.45, 7) is 12.9. The van der Waals surface area contributed by atoms with Crippen molar-refractivity contribution in [3.63, 3.8) is 0 Å². The lowest BCUT2D eigenvalue weighted by molar-refractivity contribution is -0.137. The van der Waals surface area contributed by atoms with Gasteiger partial charge in [0.15, 0.2) is 0 Å². The van der Waals surface area contributed by atoms with Gasteiger partial charge in [0.25, 0.3) is 0 Å². The third kappa shape index (κ3) is 2.87. The Labute approximate surface area is 111 Å². The molecule has 0 aromatic heterocycles. The molecule has 2 atom stereocenters. The van der Waals surface area contributed by atoms with E-state index in [1.54, 1.807) is 0 Å². The maximum absolute atomic E-state index is 12.5. The number of carbonyl (C=O) groups is 1. The number of nitrogens with zero attached hydrogens (tertiary/aromatic N) is 1. The van der Waals surface area contributed by atoms with Gasteiger partial charge in [0, 0.05) is 19.6 Å². The molecule has 3 heteroatoms. The van der Waals surface area contributed by atoms with Crippen LogP contribution in [-0.4, -0.2) is 37.0 Å². The molecule has 0 spiro atoms. The fourth-order valence-corrected chi connectivity index (χ4v) is 3.34. The molecule has 0 aromatic rings. The molecule has 2 fully saturated rings. The molecule has 0 saturated carbocycles. The van der Waals surface area contributed by atoms with Crippen LogP contribution in [0.25, 0.3) is 0 Å². The van der Waals surface area contributed by atoms with Crippen molar-refractivity contribution in [3.8, 4) is 0 Å². The number of hydrogen-bond donors (Lipinski definition) is 1. The summed E-state index contributed by atoms with van der Waals surface area (Å²) in [6.07, 6.45) is 2.34. The third-order valence-corrected chi connectivity index (χ3v) is 4.87. The predicted molar refractivity (Wildman–Crippen MR) is 74.3 cm³/mol. The maximum Gasteiger partial charge on any atom is 0.227 e. The second kappa shape index (κ2) is 5.20. The van der Waals surface area contributed by atoms with E-state index in [1.807, 2.05) is 0 Å². The summed E-state index contributed by atoms with van der Waals surface area (Å²) in [5.74, 6) is 1.87. The lowest BCUT2D eigenvalue weighted by Crippen LogP contribution is -2.45. The Kier molecular flexibility index (Phi) is 4.00. The Morgan fingerprint density at radius 3 is 2.22 bits per heavy atom. The van der Waals surface area contributed by atoms with Gasteiger partial charge in [0.1, 0.15) is 0 Å². The van der Waals surface area contributed by atoms with E-state index in [1.165, 1.54) is 12.8 Å². The summed E-state index contributed by atoms with van der Waals surface area (Å²) >= 11 is 0. The Bertz CT molecular complexity index is 300. The van der Waals surface area contributed by atoms with E-state index in [2.05, 4.69) is 37.9 Å². The van der Waals surface area contributed by atoms with Crippen LogP contribution >= 0.6 is 0 Å². The van der Waals surface area contributed by atoms with Crippen LogP contribution < -0.4 is 5.32 Å². The first-order valence-corrected chi connectivity index (χ1v) is 7.39. The number of amides is 1. The zero-order chi connectivity index (χ0) is 13.3. The number of carbonyl (C=O) groups excluding carboxylic acids is 1. The highest BCUT2D eigenvalue weighted by molar-refractivity contribution is 5.79. The van der Waals surface area contributed by atoms with Crippen LogP contribution in [0, 0.1) is 23.2 Å². The van der Waals surface area contributed by atoms with Crippen molar-refractivity contribution < 1.29 is 4.79 Å². The Morgan fingerprint density at radius 2 is 1.78 bits per heavy atom. The lowest BCUT2D eigenvalue weighted by atomic mass is 9.75. The fourth-order valence-electron chi connectivity index (χ4n) is 3.34. The third-order valence-electron chi connectivity index (χ3n) is 4.87. The van der Waals surface area contributed by atoms with Gasteiger partial charge < -0.3 is 10.2 Å². The maximum atomic E-state index is 12.5. The first-order valence-electron chi connectivity index (χ1n) is 7.39. The van der Waals surface area contributed by atoms with E-state index < -0.39 is 0 Å². The second-order valence-electron chi connectivity index (χ2n) is 7.21. The smallest absolute Gasteiger partial charge is 0.227 e. The molecule has 0 unspecified atom stereocenters. The van der Waals surface area contributed by atoms with Crippen molar-refractivity contribution in [1.29, 1.82) is 0 Å². The lowest BCUT2D eigenvalue weighted by Gasteiger charge is -2.39. The minimum absolute atomic E-state index is 0.219. The van der Waals surface area contributed by atoms with Crippen molar-refractivity contribution in [2.45, 2.75) is 40.5 Å². The van der Waals surface area contributed by atoms with Crippen LogP contribution in [0.4, 0.5) is 0 Å². The standard InChI is InChI=1S/C15H28N2O/c1-11-9-16-10-13(11)14(18)17-7-5-12(6-8-17)15(2,3)4/h11-13,16H,5-10H2,1-4H3/t11-,13-/m1/s1. The average molecular weight is 252 g/mol. The molecule has 0 radical (unpaired) electrons. The minimum atomic E-state index is 0.219. The number of piperidine rings is 1. The van der Waals surface area contributed by atoms with Crippen LogP contribution in [0.3, 0.4) is 0 Å². The molecule has 2 rings (SSSR count). The number of hydrogen-bond acceptors (Lipinski definition) is 2. The second-order valence-corrected chi connectivity index (χ2v) is 7.21. The average Bonchev–Trinajstić information content (AvgIpc) is 2.73. The summed E-state index contributed by atoms with van der Waals surface area (Å²) in [5.41, 5.74) is 0.386. The van der Waals surface area contributed by atoms with Crippen molar-refractivity contribution in [3.05, 3.63) is 0 Å². The van der Waals surface area contributed by atoms with Crippen LogP contribution in [-0.2, 0) is 4.79 Å². The number of rotatable bonds is 1. The van der Waals surface area contributed by atoms with Crippen molar-refractivity contribution >= 4 is 5.91 Å². The largest absolute Gasteiger partial charge is 0.342 e. The van der Waals surface area contributed by atoms with Gasteiger partial charge in [-0.3, -0.25) is 4.79 Å². The Balaban J connectivity index is 1.88. The summed E-state index contributed by atoms with van der Waals surface area (Å²) in [7, 11) is 0. The summed E-state index contributed by atoms with van der Waals surface area (Å²) in [5, 5.41) is 3.33. The van der Waals surface area contributed by atoms with Gasteiger partial charge in [-0.1, -0.05) is 27.7 Å². The van der Waals surface area contributed by atoms with Crippen molar-refractivity contribution in [1.82, 2.24) is 10.2 Å². The van der Waals surface area contributed by atoms with Crippen LogP contribution in [0.15, 0.2) is 0 Å². The SMILES string of the molecule is C[C@@H]1CNC[C@H]1C(=O)N1CCC(C(C)(C)C)CC1.